The van der Waals surface area contributed by atoms with Crippen molar-refractivity contribution in [2.45, 2.75) is 26.9 Å². The summed E-state index contributed by atoms with van der Waals surface area (Å²) in [4.78, 5) is 12.2. The second-order valence-electron chi connectivity index (χ2n) is 7.17. The number of hydrogen-bond acceptors (Lipinski definition) is 6. The highest BCUT2D eigenvalue weighted by molar-refractivity contribution is 6.07. The summed E-state index contributed by atoms with van der Waals surface area (Å²) >= 11 is 0. The van der Waals surface area contributed by atoms with E-state index in [1.807, 2.05) is 13.0 Å². The third-order valence-electron chi connectivity index (χ3n) is 4.83. The Morgan fingerprint density at radius 1 is 1.22 bits per heavy atom. The lowest BCUT2D eigenvalue weighted by Gasteiger charge is -2.24. The zero-order valence-electron chi connectivity index (χ0n) is 18.4. The SMILES string of the molecule is CN/C(=C\C(=N)c1ccc(OCc2c(C)cccc2N(N)C(=O)N(C)N)c(C)c1)C(F)F. The molecule has 32 heavy (non-hydrogen) atoms. The van der Waals surface area contributed by atoms with Crippen LogP contribution in [0.2, 0.25) is 0 Å². The van der Waals surface area contributed by atoms with Crippen molar-refractivity contribution in [3.63, 3.8) is 0 Å². The zero-order chi connectivity index (χ0) is 24.0. The lowest BCUT2D eigenvalue weighted by molar-refractivity contribution is 0.182. The van der Waals surface area contributed by atoms with Crippen LogP contribution in [0.15, 0.2) is 48.2 Å². The first kappa shape index (κ1) is 24.8. The van der Waals surface area contributed by atoms with Gasteiger partial charge < -0.3 is 15.5 Å². The molecule has 0 atom stereocenters. The molecule has 0 aliphatic carbocycles. The van der Waals surface area contributed by atoms with Gasteiger partial charge in [0.05, 0.1) is 17.1 Å². The van der Waals surface area contributed by atoms with Gasteiger partial charge in [-0.2, -0.15) is 0 Å². The number of ether oxygens (including phenoxy) is 1. The minimum absolute atomic E-state index is 0.0475. The average molecular weight is 447 g/mol. The van der Waals surface area contributed by atoms with Gasteiger partial charge in [0.2, 0.25) is 0 Å². The van der Waals surface area contributed by atoms with Crippen LogP contribution in [0.25, 0.3) is 0 Å². The fourth-order valence-corrected chi connectivity index (χ4v) is 2.99. The molecule has 172 valence electrons. The van der Waals surface area contributed by atoms with Crippen molar-refractivity contribution >= 4 is 17.4 Å². The average Bonchev–Trinajstić information content (AvgIpc) is 2.75. The van der Waals surface area contributed by atoms with E-state index in [1.165, 1.54) is 14.1 Å². The first-order valence-electron chi connectivity index (χ1n) is 9.72. The molecule has 0 spiro atoms. The number of anilines is 1. The number of nitrogens with two attached hydrogens (primary N) is 2. The van der Waals surface area contributed by atoms with Crippen LogP contribution in [-0.4, -0.2) is 37.3 Å². The molecular weight excluding hydrogens is 418 g/mol. The largest absolute Gasteiger partial charge is 0.489 e. The number of alkyl halides is 2. The molecule has 10 heteroatoms. The quantitative estimate of drug-likeness (QED) is 0.215. The van der Waals surface area contributed by atoms with E-state index in [0.717, 1.165) is 27.2 Å². The maximum Gasteiger partial charge on any atom is 0.352 e. The van der Waals surface area contributed by atoms with Crippen molar-refractivity contribution in [1.82, 2.24) is 10.3 Å². The first-order chi connectivity index (χ1) is 15.1. The van der Waals surface area contributed by atoms with Crippen LogP contribution < -0.4 is 26.7 Å². The van der Waals surface area contributed by atoms with Crippen molar-refractivity contribution < 1.29 is 18.3 Å². The van der Waals surface area contributed by atoms with Gasteiger partial charge in [0, 0.05) is 19.7 Å². The van der Waals surface area contributed by atoms with Crippen molar-refractivity contribution in [2.75, 3.05) is 19.1 Å². The fourth-order valence-electron chi connectivity index (χ4n) is 2.99. The topological polar surface area (TPSA) is 121 Å². The maximum absolute atomic E-state index is 12.9. The Morgan fingerprint density at radius 3 is 2.47 bits per heavy atom. The number of urea groups is 1. The zero-order valence-corrected chi connectivity index (χ0v) is 18.4. The van der Waals surface area contributed by atoms with Crippen LogP contribution in [0, 0.1) is 19.3 Å². The summed E-state index contributed by atoms with van der Waals surface area (Å²) in [6.07, 6.45) is -1.60. The summed E-state index contributed by atoms with van der Waals surface area (Å²) < 4.78 is 31.8. The molecule has 8 nitrogen and oxygen atoms in total. The van der Waals surface area contributed by atoms with E-state index in [-0.39, 0.29) is 18.0 Å². The molecule has 6 N–H and O–H groups in total. The van der Waals surface area contributed by atoms with Crippen molar-refractivity contribution in [3.05, 3.63) is 70.4 Å². The van der Waals surface area contributed by atoms with E-state index in [1.54, 1.807) is 37.3 Å². The molecule has 2 aromatic carbocycles. The van der Waals surface area contributed by atoms with Crippen LogP contribution in [-0.2, 0) is 6.61 Å². The number of benzene rings is 2. The van der Waals surface area contributed by atoms with Crippen molar-refractivity contribution in [1.29, 1.82) is 5.41 Å². The highest BCUT2D eigenvalue weighted by Gasteiger charge is 2.19. The minimum Gasteiger partial charge on any atom is -0.489 e. The smallest absolute Gasteiger partial charge is 0.352 e. The summed E-state index contributed by atoms with van der Waals surface area (Å²) in [7, 11) is 2.78. The number of hydrazine groups is 2. The number of aryl methyl sites for hydroxylation is 2. The molecule has 0 aromatic heterocycles. The second kappa shape index (κ2) is 10.7. The Kier molecular flexibility index (Phi) is 8.27. The third-order valence-corrected chi connectivity index (χ3v) is 4.83. The number of rotatable bonds is 8. The Bertz CT molecular complexity index is 1020. The highest BCUT2D eigenvalue weighted by atomic mass is 19.3. The highest BCUT2D eigenvalue weighted by Crippen LogP contribution is 2.26. The molecule has 2 rings (SSSR count). The van der Waals surface area contributed by atoms with Gasteiger partial charge in [-0.1, -0.05) is 12.1 Å². The Balaban J connectivity index is 2.24. The van der Waals surface area contributed by atoms with E-state index >= 15 is 0 Å². The molecular formula is C22H28F2N6O2. The van der Waals surface area contributed by atoms with Crippen LogP contribution in [0.4, 0.5) is 19.3 Å². The van der Waals surface area contributed by atoms with Gasteiger partial charge in [-0.05, 0) is 60.9 Å². The molecule has 0 saturated heterocycles. The standard InChI is InChI=1S/C22H28F2N6O2/c1-13-6-5-7-19(30(27)22(31)29(4)26)16(13)12-32-20-9-8-15(10-14(20)2)17(25)11-18(28-3)21(23)24/h5-11,21,25,28H,12,26-27H2,1-4H3/b18-11-,25-17?. The molecule has 2 aromatic rings. The van der Waals surface area contributed by atoms with E-state index in [4.69, 9.17) is 21.8 Å². The van der Waals surface area contributed by atoms with Crippen LogP contribution in [0.3, 0.4) is 0 Å². The fraction of sp³-hybridized carbons (Fsp3) is 0.273. The molecule has 0 aliphatic heterocycles. The Morgan fingerprint density at radius 2 is 1.91 bits per heavy atom. The number of allylic oxidation sites excluding steroid dienone is 2. The molecule has 0 unspecified atom stereocenters. The predicted octanol–water partition coefficient (Wildman–Crippen LogP) is 3.22. The van der Waals surface area contributed by atoms with Crippen molar-refractivity contribution in [3.8, 4) is 5.75 Å². The summed E-state index contributed by atoms with van der Waals surface area (Å²) in [5, 5.41) is 12.3. The lowest BCUT2D eigenvalue weighted by Crippen LogP contribution is -2.49. The molecule has 0 radical (unpaired) electrons. The lowest BCUT2D eigenvalue weighted by atomic mass is 10.0. The van der Waals surface area contributed by atoms with Crippen LogP contribution in [0.5, 0.6) is 5.75 Å². The number of amides is 2. The summed E-state index contributed by atoms with van der Waals surface area (Å²) in [5.74, 6) is 12.0. The Labute approximate surface area is 185 Å². The minimum atomic E-state index is -2.69. The van der Waals surface area contributed by atoms with Gasteiger partial charge in [0.25, 0.3) is 6.43 Å². The Hall–Kier alpha value is -3.50. The van der Waals surface area contributed by atoms with Gasteiger partial charge in [-0.3, -0.25) is 5.01 Å². The maximum atomic E-state index is 12.9. The summed E-state index contributed by atoms with van der Waals surface area (Å²) in [6.45, 7) is 3.80. The molecule has 0 saturated carbocycles. The van der Waals surface area contributed by atoms with Gasteiger partial charge in [0.15, 0.2) is 0 Å². The third kappa shape index (κ3) is 5.80. The number of carbonyl (C=O) groups is 1. The van der Waals surface area contributed by atoms with E-state index < -0.39 is 12.5 Å². The number of nitrogens with zero attached hydrogens (tertiary/aromatic N) is 2. The second-order valence-corrected chi connectivity index (χ2v) is 7.17. The van der Waals surface area contributed by atoms with E-state index in [2.05, 4.69) is 5.32 Å². The van der Waals surface area contributed by atoms with Gasteiger partial charge >= 0.3 is 6.03 Å². The molecule has 0 heterocycles. The molecule has 0 fully saturated rings. The van der Waals surface area contributed by atoms with Gasteiger partial charge in [0.1, 0.15) is 12.4 Å². The van der Waals surface area contributed by atoms with E-state index in [9.17, 15) is 13.6 Å². The number of carbonyl (C=O) groups excluding carboxylic acids is 1. The number of hydrogen-bond donors (Lipinski definition) is 4. The first-order valence-corrected chi connectivity index (χ1v) is 9.72. The summed E-state index contributed by atoms with van der Waals surface area (Å²) in [5.41, 5.74) is 2.86. The van der Waals surface area contributed by atoms with Crippen LogP contribution in [0.1, 0.15) is 22.3 Å². The molecule has 0 aliphatic rings. The normalized spacial score (nSPS) is 11.3. The van der Waals surface area contributed by atoms with Gasteiger partial charge in [-0.25, -0.2) is 30.3 Å². The number of nitrogens with one attached hydrogen (secondary N) is 2. The molecule has 0 bridgehead atoms. The summed E-state index contributed by atoms with van der Waals surface area (Å²) in [6, 6.07) is 9.74. The molecule has 2 amide bonds. The van der Waals surface area contributed by atoms with Crippen molar-refractivity contribution in [2.24, 2.45) is 11.7 Å². The monoisotopic (exact) mass is 446 g/mol. The predicted molar refractivity (Wildman–Crippen MR) is 121 cm³/mol. The van der Waals surface area contributed by atoms with E-state index in [0.29, 0.717) is 22.6 Å². The van der Waals surface area contributed by atoms with Crippen LogP contribution >= 0.6 is 0 Å². The number of halogens is 2. The van der Waals surface area contributed by atoms with Gasteiger partial charge in [-0.15, -0.1) is 0 Å².